The van der Waals surface area contributed by atoms with E-state index in [1.807, 2.05) is 49.4 Å². The number of hydrogen-bond donors (Lipinski definition) is 4. The van der Waals surface area contributed by atoms with E-state index in [-0.39, 0.29) is 18.7 Å². The number of carboxylic acids is 1. The average molecular weight is 584 g/mol. The first-order chi connectivity index (χ1) is 20.8. The molecule has 0 spiro atoms. The molecule has 13 heteroatoms. The highest BCUT2D eigenvalue weighted by atomic mass is 16.5. The highest BCUT2D eigenvalue weighted by molar-refractivity contribution is 5.93. The van der Waals surface area contributed by atoms with Gasteiger partial charge < -0.3 is 20.3 Å². The number of H-pyrrole nitrogens is 1. The minimum Gasteiger partial charge on any atom is -0.479 e. The fourth-order valence-corrected chi connectivity index (χ4v) is 4.63. The van der Waals surface area contributed by atoms with Gasteiger partial charge in [-0.2, -0.15) is 9.78 Å². The van der Waals surface area contributed by atoms with Gasteiger partial charge in [0, 0.05) is 11.6 Å². The Morgan fingerprint density at radius 1 is 1.00 bits per heavy atom. The number of nitrogens with one attached hydrogen (secondary N) is 2. The molecular weight excluding hydrogens is 554 g/mol. The molecule has 0 aliphatic heterocycles. The Labute approximate surface area is 245 Å². The summed E-state index contributed by atoms with van der Waals surface area (Å²) in [5, 5.41) is 36.4. The van der Waals surface area contributed by atoms with Crippen molar-refractivity contribution >= 4 is 11.9 Å². The van der Waals surface area contributed by atoms with Gasteiger partial charge in [-0.1, -0.05) is 72.8 Å². The van der Waals surface area contributed by atoms with Gasteiger partial charge in [0.15, 0.2) is 11.8 Å². The maximum Gasteiger partial charge on any atom is 0.365 e. The van der Waals surface area contributed by atoms with Crippen LogP contribution in [0, 0.1) is 0 Å². The molecule has 2 aromatic heterocycles. The van der Waals surface area contributed by atoms with Gasteiger partial charge in [-0.15, -0.1) is 0 Å². The van der Waals surface area contributed by atoms with Crippen LogP contribution in [0.4, 0.5) is 0 Å². The molecule has 220 valence electrons. The van der Waals surface area contributed by atoms with Crippen LogP contribution in [0.2, 0.25) is 0 Å². The first-order valence-corrected chi connectivity index (χ1v) is 13.5. The lowest BCUT2D eigenvalue weighted by Gasteiger charge is -2.21. The Morgan fingerprint density at radius 2 is 1.72 bits per heavy atom. The summed E-state index contributed by atoms with van der Waals surface area (Å²) >= 11 is 0. The molecule has 3 aromatic carbocycles. The number of aliphatic carboxylic acids is 1. The number of aliphatic hydroxyl groups is 1. The molecule has 2 atom stereocenters. The Kier molecular flexibility index (Phi) is 8.72. The summed E-state index contributed by atoms with van der Waals surface area (Å²) in [6.07, 6.45) is -1.70. The molecule has 43 heavy (non-hydrogen) atoms. The highest BCUT2D eigenvalue weighted by Crippen LogP contribution is 2.26. The van der Waals surface area contributed by atoms with E-state index in [4.69, 9.17) is 4.74 Å². The van der Waals surface area contributed by atoms with Crippen molar-refractivity contribution in [1.29, 1.82) is 0 Å². The van der Waals surface area contributed by atoms with Crippen molar-refractivity contribution in [2.45, 2.75) is 32.0 Å². The Bertz CT molecular complexity index is 1760. The smallest absolute Gasteiger partial charge is 0.365 e. The Morgan fingerprint density at radius 3 is 2.40 bits per heavy atom. The molecule has 5 rings (SSSR count). The second kappa shape index (κ2) is 13.0. The molecule has 0 saturated heterocycles. The number of tetrazole rings is 1. The zero-order valence-corrected chi connectivity index (χ0v) is 23.1. The first-order valence-electron chi connectivity index (χ1n) is 13.5. The zero-order valence-electron chi connectivity index (χ0n) is 23.1. The van der Waals surface area contributed by atoms with E-state index in [0.717, 1.165) is 22.3 Å². The number of hydrogen-bond acceptors (Lipinski definition) is 8. The molecule has 0 saturated carbocycles. The lowest BCUT2D eigenvalue weighted by molar-refractivity contribution is -0.148. The summed E-state index contributed by atoms with van der Waals surface area (Å²) in [5.74, 6) is -1.73. The molecule has 0 radical (unpaired) electrons. The summed E-state index contributed by atoms with van der Waals surface area (Å²) in [6.45, 7) is 2.42. The average Bonchev–Trinajstić information content (AvgIpc) is 3.63. The maximum absolute atomic E-state index is 13.2. The summed E-state index contributed by atoms with van der Waals surface area (Å²) in [5.41, 5.74) is 3.39. The Balaban J connectivity index is 1.35. The Hall–Kier alpha value is -5.56. The van der Waals surface area contributed by atoms with Crippen molar-refractivity contribution in [3.8, 4) is 22.7 Å². The van der Waals surface area contributed by atoms with Crippen molar-refractivity contribution in [3.05, 3.63) is 112 Å². The highest BCUT2D eigenvalue weighted by Gasteiger charge is 2.29. The molecule has 0 fully saturated rings. The molecule has 0 aliphatic rings. The number of carbonyl (C=O) groups is 2. The van der Waals surface area contributed by atoms with Gasteiger partial charge in [0.05, 0.1) is 24.9 Å². The number of aromatic nitrogens is 6. The van der Waals surface area contributed by atoms with Gasteiger partial charge in [-0.3, -0.25) is 4.79 Å². The number of para-hydroxylation sites is 1. The normalized spacial score (nSPS) is 12.4. The third-order valence-corrected chi connectivity index (χ3v) is 6.72. The van der Waals surface area contributed by atoms with Crippen LogP contribution in [0.3, 0.4) is 0 Å². The van der Waals surface area contributed by atoms with Crippen molar-refractivity contribution in [2.75, 3.05) is 6.61 Å². The molecule has 5 aromatic rings. The lowest BCUT2D eigenvalue weighted by Crippen LogP contribution is -2.48. The van der Waals surface area contributed by atoms with Gasteiger partial charge in [0.1, 0.15) is 0 Å². The summed E-state index contributed by atoms with van der Waals surface area (Å²) < 4.78 is 8.44. The van der Waals surface area contributed by atoms with Crippen LogP contribution in [-0.2, 0) is 17.8 Å². The molecule has 0 aliphatic carbocycles. The third-order valence-electron chi connectivity index (χ3n) is 6.72. The number of aromatic amines is 1. The van der Waals surface area contributed by atoms with Crippen molar-refractivity contribution < 1.29 is 24.5 Å². The molecule has 1 amide bonds. The second-order valence-corrected chi connectivity index (χ2v) is 9.64. The standard InChI is InChI=1S/C30H29N7O6/c1-2-43-26-17-24(28(39)31-23(27(38)29(40)41)16-19-8-4-3-5-9-19)33-36(26)18-20-12-14-21(15-13-20)22-10-6-7-11-25(22)37-30(42)32-34-35-37/h3-15,17,23,27,38H,2,16,18H2,1H3,(H,31,39)(H,40,41)(H,32,35,42)/t23-,27-/m1/s1. The lowest BCUT2D eigenvalue weighted by atomic mass is 10.0. The molecule has 4 N–H and O–H groups in total. The van der Waals surface area contributed by atoms with Gasteiger partial charge in [-0.05, 0) is 46.5 Å². The number of benzene rings is 3. The van der Waals surface area contributed by atoms with Gasteiger partial charge in [-0.25, -0.2) is 19.4 Å². The van der Waals surface area contributed by atoms with Crippen LogP contribution in [0.25, 0.3) is 16.8 Å². The van der Waals surface area contributed by atoms with Gasteiger partial charge >= 0.3 is 11.7 Å². The minimum absolute atomic E-state index is 0.0164. The van der Waals surface area contributed by atoms with Crippen LogP contribution in [0.5, 0.6) is 5.88 Å². The van der Waals surface area contributed by atoms with Crippen molar-refractivity contribution in [3.63, 3.8) is 0 Å². The van der Waals surface area contributed by atoms with E-state index in [9.17, 15) is 24.6 Å². The summed E-state index contributed by atoms with van der Waals surface area (Å²) in [4.78, 5) is 36.8. The maximum atomic E-state index is 13.2. The second-order valence-electron chi connectivity index (χ2n) is 9.64. The summed E-state index contributed by atoms with van der Waals surface area (Å²) in [6, 6.07) is 24.3. The number of amides is 1. The van der Waals surface area contributed by atoms with Gasteiger partial charge in [0.2, 0.25) is 5.88 Å². The molecule has 13 nitrogen and oxygen atoms in total. The van der Waals surface area contributed by atoms with E-state index in [1.54, 1.807) is 36.4 Å². The number of carbonyl (C=O) groups excluding carboxylic acids is 1. The van der Waals surface area contributed by atoms with E-state index < -0.39 is 29.7 Å². The first kappa shape index (κ1) is 29.0. The number of carboxylic acid groups (broad SMARTS) is 1. The quantitative estimate of drug-likeness (QED) is 0.171. The molecule has 0 unspecified atom stereocenters. The van der Waals surface area contributed by atoms with Crippen LogP contribution in [0.15, 0.2) is 89.7 Å². The molecule has 0 bridgehead atoms. The zero-order chi connectivity index (χ0) is 30.3. The third kappa shape index (κ3) is 6.68. The number of rotatable bonds is 12. The number of nitrogens with zero attached hydrogens (tertiary/aromatic N) is 5. The summed E-state index contributed by atoms with van der Waals surface area (Å²) in [7, 11) is 0. The van der Waals surface area contributed by atoms with Crippen LogP contribution in [-0.4, -0.2) is 70.8 Å². The van der Waals surface area contributed by atoms with Crippen LogP contribution < -0.4 is 15.7 Å². The van der Waals surface area contributed by atoms with E-state index >= 15 is 0 Å². The van der Waals surface area contributed by atoms with Crippen LogP contribution in [0.1, 0.15) is 28.5 Å². The van der Waals surface area contributed by atoms with E-state index in [0.29, 0.717) is 18.2 Å². The number of aliphatic hydroxyl groups excluding tert-OH is 1. The fourth-order valence-electron chi connectivity index (χ4n) is 4.63. The number of ether oxygens (including phenoxy) is 1. The monoisotopic (exact) mass is 583 g/mol. The fraction of sp³-hybridized carbons (Fsp3) is 0.200. The predicted octanol–water partition coefficient (Wildman–Crippen LogP) is 2.05. The van der Waals surface area contributed by atoms with Crippen molar-refractivity contribution in [1.82, 2.24) is 35.3 Å². The largest absolute Gasteiger partial charge is 0.479 e. The van der Waals surface area contributed by atoms with Crippen LogP contribution >= 0.6 is 0 Å². The molecule has 2 heterocycles. The topological polar surface area (TPSA) is 177 Å². The van der Waals surface area contributed by atoms with E-state index in [2.05, 4.69) is 25.9 Å². The predicted molar refractivity (Wildman–Crippen MR) is 155 cm³/mol. The van der Waals surface area contributed by atoms with Gasteiger partial charge in [0.25, 0.3) is 5.91 Å². The molecular formula is C30H29N7O6. The SMILES string of the molecule is CCOc1cc(C(=O)N[C@H](Cc2ccccc2)[C@@H](O)C(=O)O)nn1Cc1ccc(-c2ccccc2-n2nn[nH]c2=O)cc1. The minimum atomic E-state index is -1.82. The van der Waals surface area contributed by atoms with E-state index in [1.165, 1.54) is 15.4 Å². The van der Waals surface area contributed by atoms with Crippen molar-refractivity contribution in [2.24, 2.45) is 0 Å².